The largest absolute Gasteiger partial charge is 0.497 e. The molecule has 7 nitrogen and oxygen atoms in total. The van der Waals surface area contributed by atoms with Crippen molar-refractivity contribution in [3.8, 4) is 11.5 Å². The lowest BCUT2D eigenvalue weighted by Gasteiger charge is -2.28. The predicted octanol–water partition coefficient (Wildman–Crippen LogP) is 2.97. The molecule has 0 aliphatic carbocycles. The van der Waals surface area contributed by atoms with Crippen LogP contribution in [0.3, 0.4) is 0 Å². The maximum absolute atomic E-state index is 13.0. The van der Waals surface area contributed by atoms with Crippen LogP contribution in [-0.4, -0.2) is 26.2 Å². The zero-order valence-corrected chi connectivity index (χ0v) is 15.3. The SMILES string of the molecule is COc1ccc(NC(=O)C2=C(C)NC(=O)N[C@H]2c2cccc(OC)c2)cc1. The van der Waals surface area contributed by atoms with Gasteiger partial charge in [-0.25, -0.2) is 4.79 Å². The van der Waals surface area contributed by atoms with E-state index in [1.54, 1.807) is 57.5 Å². The van der Waals surface area contributed by atoms with Gasteiger partial charge >= 0.3 is 6.03 Å². The van der Waals surface area contributed by atoms with Crippen LogP contribution >= 0.6 is 0 Å². The van der Waals surface area contributed by atoms with Crippen LogP contribution in [0.5, 0.6) is 11.5 Å². The molecule has 0 saturated carbocycles. The lowest BCUT2D eigenvalue weighted by Crippen LogP contribution is -2.45. The molecule has 7 heteroatoms. The molecule has 27 heavy (non-hydrogen) atoms. The van der Waals surface area contributed by atoms with Crippen LogP contribution in [0.25, 0.3) is 0 Å². The van der Waals surface area contributed by atoms with Crippen molar-refractivity contribution in [3.63, 3.8) is 0 Å². The van der Waals surface area contributed by atoms with Gasteiger partial charge in [-0.3, -0.25) is 4.79 Å². The molecular formula is C20H21N3O4. The third-order valence-corrected chi connectivity index (χ3v) is 4.29. The number of amides is 3. The standard InChI is InChI=1S/C20H21N3O4/c1-12-17(19(24)22-14-7-9-15(26-2)10-8-14)18(23-20(25)21-12)13-5-4-6-16(11-13)27-3/h4-11,18H,1-3H3,(H,22,24)(H2,21,23,25)/t18-/m0/s1. The van der Waals surface area contributed by atoms with Crippen LogP contribution in [-0.2, 0) is 4.79 Å². The number of methoxy groups -OCH3 is 2. The summed E-state index contributed by atoms with van der Waals surface area (Å²) in [5.74, 6) is 1.04. The van der Waals surface area contributed by atoms with E-state index in [0.717, 1.165) is 5.56 Å². The van der Waals surface area contributed by atoms with Gasteiger partial charge in [0.15, 0.2) is 0 Å². The van der Waals surface area contributed by atoms with Gasteiger partial charge in [-0.15, -0.1) is 0 Å². The fourth-order valence-electron chi connectivity index (χ4n) is 2.94. The normalized spacial score (nSPS) is 16.3. The Hall–Kier alpha value is -3.48. The molecule has 0 bridgehead atoms. The van der Waals surface area contributed by atoms with Crippen LogP contribution in [0.1, 0.15) is 18.5 Å². The summed E-state index contributed by atoms with van der Waals surface area (Å²) in [7, 11) is 3.15. The summed E-state index contributed by atoms with van der Waals surface area (Å²) in [5.41, 5.74) is 2.31. The van der Waals surface area contributed by atoms with Crippen LogP contribution in [0.4, 0.5) is 10.5 Å². The van der Waals surface area contributed by atoms with E-state index in [-0.39, 0.29) is 11.9 Å². The van der Waals surface area contributed by atoms with Crippen LogP contribution in [0.2, 0.25) is 0 Å². The van der Waals surface area contributed by atoms with Gasteiger partial charge in [0.2, 0.25) is 0 Å². The molecule has 0 radical (unpaired) electrons. The fraction of sp³-hybridized carbons (Fsp3) is 0.200. The monoisotopic (exact) mass is 367 g/mol. The molecule has 1 aliphatic rings. The molecule has 3 rings (SSSR count). The summed E-state index contributed by atoms with van der Waals surface area (Å²) in [6, 6.07) is 13.3. The topological polar surface area (TPSA) is 88.7 Å². The van der Waals surface area contributed by atoms with Crippen molar-refractivity contribution in [1.29, 1.82) is 0 Å². The molecule has 3 N–H and O–H groups in total. The summed E-state index contributed by atoms with van der Waals surface area (Å²) in [4.78, 5) is 24.9. The highest BCUT2D eigenvalue weighted by molar-refractivity contribution is 6.06. The van der Waals surface area contributed by atoms with Crippen molar-refractivity contribution in [2.24, 2.45) is 0 Å². The molecule has 3 amide bonds. The van der Waals surface area contributed by atoms with Crippen LogP contribution in [0, 0.1) is 0 Å². The van der Waals surface area contributed by atoms with Gasteiger partial charge in [0, 0.05) is 11.4 Å². The van der Waals surface area contributed by atoms with Crippen molar-refractivity contribution in [2.45, 2.75) is 13.0 Å². The van der Waals surface area contributed by atoms with Gasteiger partial charge in [-0.05, 0) is 48.9 Å². The Labute approximate surface area is 157 Å². The first kappa shape index (κ1) is 18.3. The van der Waals surface area contributed by atoms with Gasteiger partial charge in [0.25, 0.3) is 5.91 Å². The second-order valence-corrected chi connectivity index (χ2v) is 6.03. The molecule has 1 atom stereocenters. The van der Waals surface area contributed by atoms with E-state index in [0.29, 0.717) is 28.5 Å². The maximum atomic E-state index is 13.0. The number of benzene rings is 2. The number of urea groups is 1. The van der Waals surface area contributed by atoms with E-state index in [1.807, 2.05) is 12.1 Å². The van der Waals surface area contributed by atoms with Crippen molar-refractivity contribution in [2.75, 3.05) is 19.5 Å². The first-order valence-electron chi connectivity index (χ1n) is 8.39. The van der Waals surface area contributed by atoms with Crippen LogP contribution in [0.15, 0.2) is 59.8 Å². The Kier molecular flexibility index (Phi) is 5.30. The Morgan fingerprint density at radius 2 is 1.74 bits per heavy atom. The third kappa shape index (κ3) is 4.03. The number of carbonyl (C=O) groups is 2. The number of hydrogen-bond acceptors (Lipinski definition) is 4. The van der Waals surface area contributed by atoms with Crippen molar-refractivity contribution >= 4 is 17.6 Å². The average Bonchev–Trinajstić information content (AvgIpc) is 2.67. The van der Waals surface area contributed by atoms with E-state index in [9.17, 15) is 9.59 Å². The number of hydrogen-bond donors (Lipinski definition) is 3. The number of nitrogens with one attached hydrogen (secondary N) is 3. The van der Waals surface area contributed by atoms with Gasteiger partial charge in [-0.2, -0.15) is 0 Å². The second kappa shape index (κ2) is 7.82. The molecule has 0 fully saturated rings. The lowest BCUT2D eigenvalue weighted by atomic mass is 9.94. The molecule has 2 aromatic rings. The molecule has 2 aromatic carbocycles. The lowest BCUT2D eigenvalue weighted by molar-refractivity contribution is -0.113. The van der Waals surface area contributed by atoms with Gasteiger partial charge in [0.05, 0.1) is 25.8 Å². The quantitative estimate of drug-likeness (QED) is 0.758. The Balaban J connectivity index is 1.91. The Bertz CT molecular complexity index is 890. The average molecular weight is 367 g/mol. The molecule has 0 unspecified atom stereocenters. The maximum Gasteiger partial charge on any atom is 0.319 e. The van der Waals surface area contributed by atoms with E-state index in [2.05, 4.69) is 16.0 Å². The number of anilines is 1. The minimum atomic E-state index is -0.591. The minimum absolute atomic E-state index is 0.307. The zero-order chi connectivity index (χ0) is 19.4. The summed E-state index contributed by atoms with van der Waals surface area (Å²) in [5, 5.41) is 8.33. The first-order chi connectivity index (χ1) is 13.0. The highest BCUT2D eigenvalue weighted by Gasteiger charge is 2.31. The second-order valence-electron chi connectivity index (χ2n) is 6.03. The number of rotatable bonds is 5. The van der Waals surface area contributed by atoms with Crippen molar-refractivity contribution in [1.82, 2.24) is 10.6 Å². The van der Waals surface area contributed by atoms with Gasteiger partial charge in [0.1, 0.15) is 11.5 Å². The Morgan fingerprint density at radius 1 is 1.04 bits per heavy atom. The van der Waals surface area contributed by atoms with Crippen molar-refractivity contribution < 1.29 is 19.1 Å². The van der Waals surface area contributed by atoms with E-state index in [1.165, 1.54) is 0 Å². The first-order valence-corrected chi connectivity index (χ1v) is 8.39. The summed E-state index contributed by atoms with van der Waals surface area (Å²) in [6.07, 6.45) is 0. The molecular weight excluding hydrogens is 346 g/mol. The zero-order valence-electron chi connectivity index (χ0n) is 15.3. The minimum Gasteiger partial charge on any atom is -0.497 e. The van der Waals surface area contributed by atoms with Crippen LogP contribution < -0.4 is 25.4 Å². The third-order valence-electron chi connectivity index (χ3n) is 4.29. The molecule has 1 heterocycles. The Morgan fingerprint density at radius 3 is 2.41 bits per heavy atom. The van der Waals surface area contributed by atoms with Crippen molar-refractivity contribution in [3.05, 3.63) is 65.4 Å². The van der Waals surface area contributed by atoms with E-state index in [4.69, 9.17) is 9.47 Å². The molecule has 0 aromatic heterocycles. The summed E-state index contributed by atoms with van der Waals surface area (Å²) >= 11 is 0. The molecule has 1 aliphatic heterocycles. The van der Waals surface area contributed by atoms with E-state index >= 15 is 0 Å². The van der Waals surface area contributed by atoms with E-state index < -0.39 is 6.04 Å². The number of ether oxygens (including phenoxy) is 2. The van der Waals surface area contributed by atoms with Gasteiger partial charge < -0.3 is 25.4 Å². The molecule has 140 valence electrons. The predicted molar refractivity (Wildman–Crippen MR) is 102 cm³/mol. The molecule has 0 saturated heterocycles. The number of allylic oxidation sites excluding steroid dienone is 1. The smallest absolute Gasteiger partial charge is 0.319 e. The fourth-order valence-corrected chi connectivity index (χ4v) is 2.94. The highest BCUT2D eigenvalue weighted by Crippen LogP contribution is 2.30. The summed E-state index contributed by atoms with van der Waals surface area (Å²) in [6.45, 7) is 1.70. The summed E-state index contributed by atoms with van der Waals surface area (Å²) < 4.78 is 10.4. The highest BCUT2D eigenvalue weighted by atomic mass is 16.5. The molecule has 0 spiro atoms. The van der Waals surface area contributed by atoms with Gasteiger partial charge in [-0.1, -0.05) is 12.1 Å². The number of carbonyl (C=O) groups excluding carboxylic acids is 2.